The van der Waals surface area contributed by atoms with E-state index in [1.165, 1.54) is 6.07 Å². The fourth-order valence-electron chi connectivity index (χ4n) is 1.85. The van der Waals surface area contributed by atoms with Gasteiger partial charge < -0.3 is 5.32 Å². The van der Waals surface area contributed by atoms with Gasteiger partial charge in [-0.2, -0.15) is 0 Å². The van der Waals surface area contributed by atoms with Crippen LogP contribution in [0.25, 0.3) is 0 Å². The number of carbonyl (C=O) groups excluding carboxylic acids is 1. The van der Waals surface area contributed by atoms with Gasteiger partial charge in [0.05, 0.1) is 6.42 Å². The van der Waals surface area contributed by atoms with Gasteiger partial charge in [-0.05, 0) is 42.3 Å². The second kappa shape index (κ2) is 6.13. The number of amides is 1. The zero-order chi connectivity index (χ0) is 14.7. The highest BCUT2D eigenvalue weighted by Gasteiger charge is 2.10. The molecule has 20 heavy (non-hydrogen) atoms. The van der Waals surface area contributed by atoms with Crippen molar-refractivity contribution in [3.05, 3.63) is 63.6 Å². The molecule has 0 unspecified atom stereocenters. The molecule has 0 atom stereocenters. The second-order valence-corrected chi connectivity index (χ2v) is 5.39. The van der Waals surface area contributed by atoms with Gasteiger partial charge in [0, 0.05) is 16.2 Å². The molecule has 0 aliphatic heterocycles. The molecular weight excluding hydrogens is 328 g/mol. The molecule has 2 aromatic rings. The van der Waals surface area contributed by atoms with Crippen molar-refractivity contribution in [2.75, 3.05) is 5.32 Å². The Kier molecular flexibility index (Phi) is 4.49. The Morgan fingerprint density at radius 3 is 2.60 bits per heavy atom. The molecule has 1 N–H and O–H groups in total. The number of hydrogen-bond donors (Lipinski definition) is 1. The Morgan fingerprint density at radius 1 is 1.20 bits per heavy atom. The fourth-order valence-corrected chi connectivity index (χ4v) is 2.46. The van der Waals surface area contributed by atoms with Crippen molar-refractivity contribution in [2.45, 2.75) is 13.3 Å². The minimum atomic E-state index is -0.717. The van der Waals surface area contributed by atoms with Crippen LogP contribution < -0.4 is 5.32 Å². The van der Waals surface area contributed by atoms with Crippen LogP contribution in [-0.2, 0) is 11.2 Å². The topological polar surface area (TPSA) is 29.1 Å². The average molecular weight is 340 g/mol. The molecule has 2 aromatic carbocycles. The lowest BCUT2D eigenvalue weighted by Gasteiger charge is -2.08. The highest BCUT2D eigenvalue weighted by atomic mass is 79.9. The van der Waals surface area contributed by atoms with Gasteiger partial charge in [0.2, 0.25) is 5.91 Å². The highest BCUT2D eigenvalue weighted by molar-refractivity contribution is 9.10. The van der Waals surface area contributed by atoms with E-state index in [1.54, 1.807) is 6.07 Å². The average Bonchev–Trinajstić information content (AvgIpc) is 2.31. The molecule has 5 heteroatoms. The quantitative estimate of drug-likeness (QED) is 0.891. The first kappa shape index (κ1) is 14.7. The lowest BCUT2D eigenvalue weighted by Crippen LogP contribution is -2.15. The van der Waals surface area contributed by atoms with Gasteiger partial charge >= 0.3 is 0 Å². The number of benzene rings is 2. The zero-order valence-electron chi connectivity index (χ0n) is 10.7. The van der Waals surface area contributed by atoms with Crippen molar-refractivity contribution in [1.82, 2.24) is 0 Å². The summed E-state index contributed by atoms with van der Waals surface area (Å²) >= 11 is 3.34. The normalized spacial score (nSPS) is 10.4. The number of anilines is 1. The van der Waals surface area contributed by atoms with Crippen LogP contribution >= 0.6 is 15.9 Å². The Labute approximate surface area is 123 Å². The minimum absolute atomic E-state index is 0.141. The predicted octanol–water partition coefficient (Wildman–Crippen LogP) is 4.22. The molecule has 2 rings (SSSR count). The molecule has 0 saturated heterocycles. The third-order valence-electron chi connectivity index (χ3n) is 2.69. The van der Waals surface area contributed by atoms with Crippen LogP contribution in [0.2, 0.25) is 0 Å². The number of aryl methyl sites for hydroxylation is 1. The lowest BCUT2D eigenvalue weighted by atomic mass is 10.1. The number of carbonyl (C=O) groups is 1. The first-order chi connectivity index (χ1) is 9.44. The monoisotopic (exact) mass is 339 g/mol. The van der Waals surface area contributed by atoms with Gasteiger partial charge in [0.15, 0.2) is 0 Å². The summed E-state index contributed by atoms with van der Waals surface area (Å²) in [7, 11) is 0. The SMILES string of the molecule is Cc1cc(Br)cc(NC(=O)Cc2ccc(F)cc2F)c1. The third kappa shape index (κ3) is 3.87. The van der Waals surface area contributed by atoms with Crippen molar-refractivity contribution >= 4 is 27.5 Å². The number of rotatable bonds is 3. The standard InChI is InChI=1S/C15H12BrF2NO/c1-9-4-11(16)7-13(5-9)19-15(20)6-10-2-3-12(17)8-14(10)18/h2-5,7-8H,6H2,1H3,(H,19,20). The van der Waals surface area contributed by atoms with E-state index in [2.05, 4.69) is 21.2 Å². The van der Waals surface area contributed by atoms with Crippen molar-refractivity contribution in [3.8, 4) is 0 Å². The van der Waals surface area contributed by atoms with Crippen LogP contribution in [0, 0.1) is 18.6 Å². The van der Waals surface area contributed by atoms with Crippen LogP contribution in [-0.4, -0.2) is 5.91 Å². The molecule has 0 fully saturated rings. The molecular formula is C15H12BrF2NO. The second-order valence-electron chi connectivity index (χ2n) is 4.48. The van der Waals surface area contributed by atoms with E-state index in [0.717, 1.165) is 22.2 Å². The first-order valence-electron chi connectivity index (χ1n) is 5.95. The summed E-state index contributed by atoms with van der Waals surface area (Å²) in [5.41, 5.74) is 1.78. The number of halogens is 3. The summed E-state index contributed by atoms with van der Waals surface area (Å²) in [6.45, 7) is 1.90. The molecule has 0 spiro atoms. The predicted molar refractivity (Wildman–Crippen MR) is 77.6 cm³/mol. The van der Waals surface area contributed by atoms with Crippen LogP contribution in [0.5, 0.6) is 0 Å². The maximum absolute atomic E-state index is 13.5. The Hall–Kier alpha value is -1.75. The maximum atomic E-state index is 13.5. The summed E-state index contributed by atoms with van der Waals surface area (Å²) < 4.78 is 27.1. The van der Waals surface area contributed by atoms with Gasteiger partial charge in [-0.1, -0.05) is 22.0 Å². The summed E-state index contributed by atoms with van der Waals surface area (Å²) in [5, 5.41) is 2.68. The van der Waals surface area contributed by atoms with Gasteiger partial charge in [0.25, 0.3) is 0 Å². The van der Waals surface area contributed by atoms with Crippen LogP contribution in [0.4, 0.5) is 14.5 Å². The third-order valence-corrected chi connectivity index (χ3v) is 3.15. The van der Waals surface area contributed by atoms with Crippen molar-refractivity contribution < 1.29 is 13.6 Å². The Morgan fingerprint density at radius 2 is 1.95 bits per heavy atom. The van der Waals surface area contributed by atoms with Crippen molar-refractivity contribution in [3.63, 3.8) is 0 Å². The maximum Gasteiger partial charge on any atom is 0.228 e. The van der Waals surface area contributed by atoms with Crippen molar-refractivity contribution in [1.29, 1.82) is 0 Å². The van der Waals surface area contributed by atoms with Gasteiger partial charge in [-0.15, -0.1) is 0 Å². The molecule has 0 saturated carbocycles. The van der Waals surface area contributed by atoms with E-state index in [0.29, 0.717) is 5.69 Å². The molecule has 2 nitrogen and oxygen atoms in total. The van der Waals surface area contributed by atoms with Gasteiger partial charge in [0.1, 0.15) is 11.6 Å². The van der Waals surface area contributed by atoms with Crippen molar-refractivity contribution in [2.24, 2.45) is 0 Å². The first-order valence-corrected chi connectivity index (χ1v) is 6.74. The van der Waals surface area contributed by atoms with Gasteiger partial charge in [-0.25, -0.2) is 8.78 Å². The lowest BCUT2D eigenvalue weighted by molar-refractivity contribution is -0.115. The smallest absolute Gasteiger partial charge is 0.228 e. The molecule has 0 radical (unpaired) electrons. The molecule has 0 aliphatic carbocycles. The van der Waals surface area contributed by atoms with E-state index in [9.17, 15) is 13.6 Å². The number of nitrogens with one attached hydrogen (secondary N) is 1. The summed E-state index contributed by atoms with van der Waals surface area (Å²) in [6.07, 6.45) is -0.141. The summed E-state index contributed by atoms with van der Waals surface area (Å²) in [6, 6.07) is 8.65. The molecule has 0 aromatic heterocycles. The molecule has 0 heterocycles. The molecule has 104 valence electrons. The molecule has 0 bridgehead atoms. The van der Waals surface area contributed by atoms with Crippen LogP contribution in [0.3, 0.4) is 0 Å². The largest absolute Gasteiger partial charge is 0.326 e. The van der Waals surface area contributed by atoms with E-state index in [1.807, 2.05) is 19.1 Å². The molecule has 0 aliphatic rings. The zero-order valence-corrected chi connectivity index (χ0v) is 12.3. The Balaban J connectivity index is 2.09. The summed E-state index contributed by atoms with van der Waals surface area (Å²) in [4.78, 5) is 11.9. The van der Waals surface area contributed by atoms with E-state index < -0.39 is 11.6 Å². The fraction of sp³-hybridized carbons (Fsp3) is 0.133. The molecule has 1 amide bonds. The minimum Gasteiger partial charge on any atom is -0.326 e. The highest BCUT2D eigenvalue weighted by Crippen LogP contribution is 2.19. The summed E-state index contributed by atoms with van der Waals surface area (Å²) in [5.74, 6) is -1.73. The van der Waals surface area contributed by atoms with E-state index >= 15 is 0 Å². The van der Waals surface area contributed by atoms with E-state index in [-0.39, 0.29) is 17.9 Å². The number of hydrogen-bond acceptors (Lipinski definition) is 1. The van der Waals surface area contributed by atoms with Crippen LogP contribution in [0.1, 0.15) is 11.1 Å². The van der Waals surface area contributed by atoms with E-state index in [4.69, 9.17) is 0 Å². The Bertz CT molecular complexity index is 638. The van der Waals surface area contributed by atoms with Gasteiger partial charge in [-0.3, -0.25) is 4.79 Å². The van der Waals surface area contributed by atoms with Crippen LogP contribution in [0.15, 0.2) is 40.9 Å².